The highest BCUT2D eigenvalue weighted by molar-refractivity contribution is 7.98. The van der Waals surface area contributed by atoms with Gasteiger partial charge in [-0.1, -0.05) is 29.5 Å². The third kappa shape index (κ3) is 2.90. The largest absolute Gasteiger partial charge is 0.323 e. The number of hydrogen-bond donors (Lipinski definition) is 1. The van der Waals surface area contributed by atoms with Crippen molar-refractivity contribution >= 4 is 34.4 Å². The van der Waals surface area contributed by atoms with Crippen molar-refractivity contribution < 1.29 is 4.79 Å². The zero-order valence-corrected chi connectivity index (χ0v) is 12.3. The smallest absolute Gasteiger partial charge is 0.246 e. The second-order valence-electron chi connectivity index (χ2n) is 4.48. The zero-order chi connectivity index (χ0) is 14.7. The van der Waals surface area contributed by atoms with Gasteiger partial charge in [-0.25, -0.2) is 4.68 Å². The predicted molar refractivity (Wildman–Crippen MR) is 84.4 cm³/mol. The van der Waals surface area contributed by atoms with E-state index in [2.05, 4.69) is 15.6 Å². The van der Waals surface area contributed by atoms with Crippen LogP contribution >= 0.6 is 11.8 Å². The second kappa shape index (κ2) is 5.97. The maximum absolute atomic E-state index is 12.2. The molecule has 21 heavy (non-hydrogen) atoms. The van der Waals surface area contributed by atoms with E-state index in [0.29, 0.717) is 0 Å². The van der Waals surface area contributed by atoms with E-state index in [9.17, 15) is 4.79 Å². The van der Waals surface area contributed by atoms with E-state index in [1.807, 2.05) is 54.8 Å². The number of benzene rings is 2. The Kier molecular flexibility index (Phi) is 3.87. The van der Waals surface area contributed by atoms with E-state index in [1.165, 1.54) is 0 Å². The number of amides is 1. The summed E-state index contributed by atoms with van der Waals surface area (Å²) in [6.45, 7) is 0.142. The number of nitrogens with zero attached hydrogens (tertiary/aromatic N) is 3. The van der Waals surface area contributed by atoms with Crippen LogP contribution in [0.3, 0.4) is 0 Å². The fraction of sp³-hybridized carbons (Fsp3) is 0.133. The lowest BCUT2D eigenvalue weighted by Crippen LogP contribution is -2.19. The first kappa shape index (κ1) is 13.6. The highest BCUT2D eigenvalue weighted by Gasteiger charge is 2.10. The molecule has 0 bridgehead atoms. The van der Waals surface area contributed by atoms with E-state index in [-0.39, 0.29) is 12.5 Å². The van der Waals surface area contributed by atoms with Gasteiger partial charge in [-0.05, 0) is 30.5 Å². The molecule has 0 saturated heterocycles. The first-order chi connectivity index (χ1) is 10.3. The van der Waals surface area contributed by atoms with Crippen LogP contribution < -0.4 is 5.32 Å². The van der Waals surface area contributed by atoms with Crippen LogP contribution in [0.5, 0.6) is 0 Å². The van der Waals surface area contributed by atoms with Gasteiger partial charge < -0.3 is 5.32 Å². The Bertz CT molecular complexity index is 784. The monoisotopic (exact) mass is 298 g/mol. The first-order valence-corrected chi connectivity index (χ1v) is 7.71. The minimum Gasteiger partial charge on any atom is -0.323 e. The molecule has 106 valence electrons. The molecule has 0 unspecified atom stereocenters. The minimum atomic E-state index is -0.118. The zero-order valence-electron chi connectivity index (χ0n) is 11.5. The highest BCUT2D eigenvalue weighted by atomic mass is 32.2. The molecule has 0 aliphatic carbocycles. The van der Waals surface area contributed by atoms with Gasteiger partial charge in [-0.15, -0.1) is 16.9 Å². The lowest BCUT2D eigenvalue weighted by atomic mass is 10.3. The molecular weight excluding hydrogens is 284 g/mol. The number of rotatable bonds is 4. The van der Waals surface area contributed by atoms with Crippen LogP contribution in [-0.4, -0.2) is 27.2 Å². The van der Waals surface area contributed by atoms with E-state index in [0.717, 1.165) is 21.6 Å². The summed E-state index contributed by atoms with van der Waals surface area (Å²) in [5.74, 6) is -0.118. The van der Waals surface area contributed by atoms with Crippen molar-refractivity contribution in [2.24, 2.45) is 0 Å². The molecule has 6 heteroatoms. The molecular formula is C15H14N4OS. The first-order valence-electron chi connectivity index (χ1n) is 6.49. The average Bonchev–Trinajstić information content (AvgIpc) is 2.91. The Balaban J connectivity index is 1.77. The van der Waals surface area contributed by atoms with Gasteiger partial charge in [-0.3, -0.25) is 4.79 Å². The molecule has 0 atom stereocenters. The number of aromatic nitrogens is 3. The maximum Gasteiger partial charge on any atom is 0.246 e. The Morgan fingerprint density at radius 2 is 1.95 bits per heavy atom. The number of para-hydroxylation sites is 2. The second-order valence-corrected chi connectivity index (χ2v) is 5.33. The average molecular weight is 298 g/mol. The van der Waals surface area contributed by atoms with E-state index < -0.39 is 0 Å². The molecule has 1 amide bonds. The van der Waals surface area contributed by atoms with Crippen molar-refractivity contribution in [3.8, 4) is 0 Å². The number of fused-ring (bicyclic) bond motifs is 1. The third-order valence-corrected chi connectivity index (χ3v) is 3.89. The van der Waals surface area contributed by atoms with Gasteiger partial charge in [-0.2, -0.15) is 0 Å². The van der Waals surface area contributed by atoms with Gasteiger partial charge in [0.05, 0.1) is 11.2 Å². The summed E-state index contributed by atoms with van der Waals surface area (Å²) in [5, 5.41) is 11.0. The Morgan fingerprint density at radius 3 is 2.81 bits per heavy atom. The Morgan fingerprint density at radius 1 is 1.19 bits per heavy atom. The normalized spacial score (nSPS) is 10.7. The lowest BCUT2D eigenvalue weighted by Gasteiger charge is -2.09. The summed E-state index contributed by atoms with van der Waals surface area (Å²) in [6, 6.07) is 15.3. The molecule has 1 N–H and O–H groups in total. The number of nitrogens with one attached hydrogen (secondary N) is 1. The summed E-state index contributed by atoms with van der Waals surface area (Å²) >= 11 is 1.60. The lowest BCUT2D eigenvalue weighted by molar-refractivity contribution is -0.116. The van der Waals surface area contributed by atoms with E-state index in [4.69, 9.17) is 0 Å². The summed E-state index contributed by atoms with van der Waals surface area (Å²) < 4.78 is 1.60. The summed E-state index contributed by atoms with van der Waals surface area (Å²) in [6.07, 6.45) is 1.98. The van der Waals surface area contributed by atoms with Crippen LogP contribution in [0.4, 0.5) is 5.69 Å². The van der Waals surface area contributed by atoms with Crippen molar-refractivity contribution in [1.82, 2.24) is 15.0 Å². The van der Waals surface area contributed by atoms with Crippen molar-refractivity contribution in [3.05, 3.63) is 48.5 Å². The minimum absolute atomic E-state index is 0.118. The number of anilines is 1. The van der Waals surface area contributed by atoms with Gasteiger partial charge >= 0.3 is 0 Å². The molecule has 3 aromatic rings. The van der Waals surface area contributed by atoms with Gasteiger partial charge in [0, 0.05) is 4.90 Å². The summed E-state index contributed by atoms with van der Waals surface area (Å²) in [7, 11) is 0. The molecule has 0 aliphatic heterocycles. The number of thioether (sulfide) groups is 1. The molecule has 0 saturated carbocycles. The number of hydrogen-bond acceptors (Lipinski definition) is 4. The number of carbonyl (C=O) groups excluding carboxylic acids is 1. The fourth-order valence-corrected chi connectivity index (χ4v) is 2.66. The Labute approximate surface area is 126 Å². The molecule has 2 aromatic carbocycles. The maximum atomic E-state index is 12.2. The highest BCUT2D eigenvalue weighted by Crippen LogP contribution is 2.24. The molecule has 1 heterocycles. The van der Waals surface area contributed by atoms with Crippen LogP contribution in [-0.2, 0) is 11.3 Å². The fourth-order valence-electron chi connectivity index (χ4n) is 2.11. The standard InChI is InChI=1S/C15H14N4OS/c1-21-14-9-5-3-7-12(14)16-15(20)10-19-13-8-4-2-6-11(13)17-18-19/h2-9H,10H2,1H3,(H,16,20). The van der Waals surface area contributed by atoms with Crippen molar-refractivity contribution in [2.45, 2.75) is 11.4 Å². The topological polar surface area (TPSA) is 59.8 Å². The van der Waals surface area contributed by atoms with E-state index >= 15 is 0 Å². The molecule has 0 aliphatic rings. The predicted octanol–water partition coefficient (Wildman–Crippen LogP) is 2.79. The SMILES string of the molecule is CSc1ccccc1NC(=O)Cn1nnc2ccccc21. The quantitative estimate of drug-likeness (QED) is 0.752. The van der Waals surface area contributed by atoms with Gasteiger partial charge in [0.15, 0.2) is 0 Å². The van der Waals surface area contributed by atoms with Crippen LogP contribution in [0.1, 0.15) is 0 Å². The van der Waals surface area contributed by atoms with Gasteiger partial charge in [0.1, 0.15) is 12.1 Å². The molecule has 5 nitrogen and oxygen atoms in total. The van der Waals surface area contributed by atoms with Crippen molar-refractivity contribution in [2.75, 3.05) is 11.6 Å². The molecule has 1 aromatic heterocycles. The molecule has 0 fully saturated rings. The van der Waals surface area contributed by atoms with Crippen molar-refractivity contribution in [1.29, 1.82) is 0 Å². The Hall–Kier alpha value is -2.34. The van der Waals surface area contributed by atoms with Crippen LogP contribution in [0.2, 0.25) is 0 Å². The van der Waals surface area contributed by atoms with Gasteiger partial charge in [0.2, 0.25) is 5.91 Å². The van der Waals surface area contributed by atoms with Crippen LogP contribution in [0, 0.1) is 0 Å². The van der Waals surface area contributed by atoms with Crippen molar-refractivity contribution in [3.63, 3.8) is 0 Å². The van der Waals surface area contributed by atoms with Crippen LogP contribution in [0.25, 0.3) is 11.0 Å². The van der Waals surface area contributed by atoms with Gasteiger partial charge in [0.25, 0.3) is 0 Å². The molecule has 3 rings (SSSR count). The number of carbonyl (C=O) groups is 1. The third-order valence-electron chi connectivity index (χ3n) is 3.09. The van der Waals surface area contributed by atoms with E-state index in [1.54, 1.807) is 16.4 Å². The molecule has 0 radical (unpaired) electrons. The summed E-state index contributed by atoms with van der Waals surface area (Å²) in [5.41, 5.74) is 2.46. The molecule has 0 spiro atoms. The van der Waals surface area contributed by atoms with Crippen LogP contribution in [0.15, 0.2) is 53.4 Å². The summed E-state index contributed by atoms with van der Waals surface area (Å²) in [4.78, 5) is 13.2.